The first-order valence-electron chi connectivity index (χ1n) is 6.04. The molecule has 0 heterocycles. The quantitative estimate of drug-likeness (QED) is 0.907. The molecule has 0 bridgehead atoms. The third-order valence-electron chi connectivity index (χ3n) is 2.61. The number of benzene rings is 2. The highest BCUT2D eigenvalue weighted by atomic mass is 35.5. The van der Waals surface area contributed by atoms with Gasteiger partial charge in [-0.15, -0.1) is 0 Å². The topological polar surface area (TPSA) is 75.3 Å². The Morgan fingerprint density at radius 2 is 1.57 bits per heavy atom. The average Bonchev–Trinajstić information content (AvgIpc) is 2.40. The van der Waals surface area contributed by atoms with Crippen molar-refractivity contribution in [3.05, 3.63) is 53.6 Å². The molecule has 0 saturated carbocycles. The Kier molecular flexibility index (Phi) is 4.50. The number of hydrogen-bond acceptors (Lipinski definition) is 3. The van der Waals surface area contributed by atoms with Crippen molar-refractivity contribution in [2.75, 3.05) is 10.0 Å². The molecule has 110 valence electrons. The molecule has 0 aromatic heterocycles. The molecule has 0 atom stereocenters. The third-order valence-corrected chi connectivity index (χ3v) is 4.47. The van der Waals surface area contributed by atoms with Gasteiger partial charge in [-0.05, 0) is 24.3 Å². The summed E-state index contributed by atoms with van der Waals surface area (Å²) in [6.45, 7) is 1.35. The maximum Gasteiger partial charge on any atom is 0.263 e. The first-order chi connectivity index (χ1) is 9.90. The van der Waals surface area contributed by atoms with Gasteiger partial charge in [-0.25, -0.2) is 8.42 Å². The molecule has 2 rings (SSSR count). The summed E-state index contributed by atoms with van der Waals surface area (Å²) in [5, 5.41) is 2.69. The van der Waals surface area contributed by atoms with Crippen molar-refractivity contribution in [3.63, 3.8) is 0 Å². The van der Waals surface area contributed by atoms with Crippen LogP contribution in [0.25, 0.3) is 0 Å². The summed E-state index contributed by atoms with van der Waals surface area (Å²) >= 11 is 5.91. The largest absolute Gasteiger partial charge is 0.325 e. The standard InChI is InChI=1S/C14H13ClN2O3S/c1-10(18)16-12-7-3-4-8-13(12)17-21(19,20)14-9-5-2-6-11(14)15/h2-9,17H,1H3,(H,16,18). The maximum absolute atomic E-state index is 12.4. The highest BCUT2D eigenvalue weighted by Crippen LogP contribution is 2.27. The molecule has 0 radical (unpaired) electrons. The van der Waals surface area contributed by atoms with Crippen molar-refractivity contribution >= 4 is 38.9 Å². The molecule has 1 amide bonds. The molecule has 2 aromatic rings. The minimum absolute atomic E-state index is 0.0238. The van der Waals surface area contributed by atoms with Gasteiger partial charge in [0.05, 0.1) is 16.4 Å². The van der Waals surface area contributed by atoms with E-state index >= 15 is 0 Å². The number of sulfonamides is 1. The van der Waals surface area contributed by atoms with E-state index in [0.29, 0.717) is 5.69 Å². The van der Waals surface area contributed by atoms with E-state index in [1.807, 2.05) is 0 Å². The van der Waals surface area contributed by atoms with Gasteiger partial charge in [0.15, 0.2) is 0 Å². The SMILES string of the molecule is CC(=O)Nc1ccccc1NS(=O)(=O)c1ccccc1Cl. The van der Waals surface area contributed by atoms with E-state index in [0.717, 1.165) is 0 Å². The van der Waals surface area contributed by atoms with Crippen LogP contribution in [0.4, 0.5) is 11.4 Å². The van der Waals surface area contributed by atoms with Crippen molar-refractivity contribution in [1.29, 1.82) is 0 Å². The average molecular weight is 325 g/mol. The summed E-state index contributed by atoms with van der Waals surface area (Å²) in [5.41, 5.74) is 0.647. The lowest BCUT2D eigenvalue weighted by molar-refractivity contribution is -0.114. The van der Waals surface area contributed by atoms with Crippen LogP contribution in [0.5, 0.6) is 0 Å². The number of nitrogens with one attached hydrogen (secondary N) is 2. The summed E-state index contributed by atoms with van der Waals surface area (Å²) < 4.78 is 27.1. The molecule has 0 saturated heterocycles. The molecule has 5 nitrogen and oxygen atoms in total. The number of anilines is 2. The van der Waals surface area contributed by atoms with Gasteiger partial charge in [-0.3, -0.25) is 9.52 Å². The van der Waals surface area contributed by atoms with Crippen molar-refractivity contribution in [2.24, 2.45) is 0 Å². The minimum Gasteiger partial charge on any atom is -0.325 e. The van der Waals surface area contributed by atoms with Crippen molar-refractivity contribution in [3.8, 4) is 0 Å². The van der Waals surface area contributed by atoms with Crippen LogP contribution in [0.3, 0.4) is 0 Å². The normalized spacial score (nSPS) is 11.0. The van der Waals surface area contributed by atoms with Gasteiger partial charge in [-0.1, -0.05) is 35.9 Å². The van der Waals surface area contributed by atoms with Gasteiger partial charge >= 0.3 is 0 Å². The first kappa shape index (κ1) is 15.3. The smallest absolute Gasteiger partial charge is 0.263 e. The zero-order chi connectivity index (χ0) is 15.5. The van der Waals surface area contributed by atoms with E-state index in [1.54, 1.807) is 36.4 Å². The summed E-state index contributed by atoms with van der Waals surface area (Å²) in [7, 11) is -3.84. The molecule has 2 aromatic carbocycles. The molecule has 0 aliphatic carbocycles. The van der Waals surface area contributed by atoms with Crippen molar-refractivity contribution < 1.29 is 13.2 Å². The van der Waals surface area contributed by atoms with Gasteiger partial charge in [0.1, 0.15) is 4.90 Å². The lowest BCUT2D eigenvalue weighted by Gasteiger charge is -2.13. The molecule has 0 spiro atoms. The van der Waals surface area contributed by atoms with Gasteiger partial charge < -0.3 is 5.32 Å². The fourth-order valence-corrected chi connectivity index (χ4v) is 3.33. The summed E-state index contributed by atoms with van der Waals surface area (Å²) in [6, 6.07) is 12.6. The maximum atomic E-state index is 12.4. The van der Waals surface area contributed by atoms with Gasteiger partial charge in [0.25, 0.3) is 10.0 Å². The van der Waals surface area contributed by atoms with Crippen LogP contribution < -0.4 is 10.0 Å². The van der Waals surface area contributed by atoms with Crippen LogP contribution in [0, 0.1) is 0 Å². The molecular weight excluding hydrogens is 312 g/mol. The second-order valence-electron chi connectivity index (χ2n) is 4.26. The Balaban J connectivity index is 2.38. The number of carbonyl (C=O) groups excluding carboxylic acids is 1. The monoisotopic (exact) mass is 324 g/mol. The van der Waals surface area contributed by atoms with Crippen molar-refractivity contribution in [2.45, 2.75) is 11.8 Å². The van der Waals surface area contributed by atoms with Gasteiger partial charge in [0.2, 0.25) is 5.91 Å². The van der Waals surface area contributed by atoms with Crippen LogP contribution >= 0.6 is 11.6 Å². The zero-order valence-electron chi connectivity index (χ0n) is 11.1. The second-order valence-corrected chi connectivity index (χ2v) is 6.32. The molecule has 0 aliphatic heterocycles. The number of amides is 1. The molecule has 21 heavy (non-hydrogen) atoms. The molecular formula is C14H13ClN2O3S. The van der Waals surface area contributed by atoms with Crippen LogP contribution in [0.1, 0.15) is 6.92 Å². The minimum atomic E-state index is -3.84. The number of para-hydroxylation sites is 2. The fraction of sp³-hybridized carbons (Fsp3) is 0.0714. The van der Waals surface area contributed by atoms with E-state index in [9.17, 15) is 13.2 Å². The highest BCUT2D eigenvalue weighted by Gasteiger charge is 2.18. The van der Waals surface area contributed by atoms with Crippen LogP contribution in [-0.4, -0.2) is 14.3 Å². The fourth-order valence-electron chi connectivity index (χ4n) is 1.73. The van der Waals surface area contributed by atoms with Crippen LogP contribution in [0.15, 0.2) is 53.4 Å². The summed E-state index contributed by atoms with van der Waals surface area (Å²) in [6.07, 6.45) is 0. The van der Waals surface area contributed by atoms with E-state index in [-0.39, 0.29) is 21.5 Å². The van der Waals surface area contributed by atoms with Crippen LogP contribution in [0.2, 0.25) is 5.02 Å². The Bertz CT molecular complexity index is 775. The summed E-state index contributed by atoms with van der Waals surface area (Å²) in [4.78, 5) is 11.1. The van der Waals surface area contributed by atoms with E-state index in [4.69, 9.17) is 11.6 Å². The predicted molar refractivity (Wildman–Crippen MR) is 83.0 cm³/mol. The Morgan fingerprint density at radius 3 is 2.19 bits per heavy atom. The Hall–Kier alpha value is -2.05. The number of hydrogen-bond donors (Lipinski definition) is 2. The Labute approximate surface area is 128 Å². The van der Waals surface area contributed by atoms with E-state index in [1.165, 1.54) is 19.1 Å². The van der Waals surface area contributed by atoms with E-state index in [2.05, 4.69) is 10.0 Å². The number of carbonyl (C=O) groups is 1. The van der Waals surface area contributed by atoms with Crippen molar-refractivity contribution in [1.82, 2.24) is 0 Å². The first-order valence-corrected chi connectivity index (χ1v) is 7.90. The zero-order valence-corrected chi connectivity index (χ0v) is 12.7. The van der Waals surface area contributed by atoms with E-state index < -0.39 is 10.0 Å². The predicted octanol–water partition coefficient (Wildman–Crippen LogP) is 3.10. The summed E-state index contributed by atoms with van der Waals surface area (Å²) in [5.74, 6) is -0.292. The highest BCUT2D eigenvalue weighted by molar-refractivity contribution is 7.92. The molecule has 7 heteroatoms. The number of rotatable bonds is 4. The molecule has 0 aliphatic rings. The molecule has 2 N–H and O–H groups in total. The second kappa shape index (κ2) is 6.15. The Morgan fingerprint density at radius 1 is 1.00 bits per heavy atom. The third kappa shape index (κ3) is 3.74. The lowest BCUT2D eigenvalue weighted by atomic mass is 10.3. The number of halogens is 1. The molecule has 0 unspecified atom stereocenters. The van der Waals surface area contributed by atoms with Gasteiger partial charge in [0, 0.05) is 6.92 Å². The lowest BCUT2D eigenvalue weighted by Crippen LogP contribution is -2.16. The van der Waals surface area contributed by atoms with Crippen LogP contribution in [-0.2, 0) is 14.8 Å². The molecule has 0 fully saturated rings. The van der Waals surface area contributed by atoms with Gasteiger partial charge in [-0.2, -0.15) is 0 Å².